The lowest BCUT2D eigenvalue weighted by atomic mass is 9.87. The zero-order chi connectivity index (χ0) is 20.9. The van der Waals surface area contributed by atoms with E-state index in [1.165, 1.54) is 37.6 Å². The highest BCUT2D eigenvalue weighted by Crippen LogP contribution is 2.34. The van der Waals surface area contributed by atoms with Crippen LogP contribution in [0.25, 0.3) is 10.9 Å². The number of quaternary nitrogens is 1. The number of nitrogens with one attached hydrogen (secondary N) is 3. The highest BCUT2D eigenvalue weighted by Gasteiger charge is 2.23. The summed E-state index contributed by atoms with van der Waals surface area (Å²) in [7, 11) is 0. The Morgan fingerprint density at radius 3 is 2.77 bits per heavy atom. The first-order valence-electron chi connectivity index (χ1n) is 11.1. The predicted molar refractivity (Wildman–Crippen MR) is 118 cm³/mol. The monoisotopic (exact) mass is 408 g/mol. The Bertz CT molecular complexity index is 1010. The van der Waals surface area contributed by atoms with Gasteiger partial charge in [0.2, 0.25) is 5.91 Å². The third-order valence-electron chi connectivity index (χ3n) is 6.34. The van der Waals surface area contributed by atoms with Crippen LogP contribution in [0.3, 0.4) is 0 Å². The van der Waals surface area contributed by atoms with Gasteiger partial charge in [0.05, 0.1) is 26.2 Å². The molecular weight excluding hydrogens is 377 g/mol. The van der Waals surface area contributed by atoms with Crippen LogP contribution in [-0.2, 0) is 11.2 Å². The van der Waals surface area contributed by atoms with Gasteiger partial charge in [-0.2, -0.15) is 0 Å². The maximum atomic E-state index is 14.0. The van der Waals surface area contributed by atoms with Crippen molar-refractivity contribution >= 4 is 16.8 Å². The molecule has 0 spiro atoms. The fraction of sp³-hybridized carbons (Fsp3) is 0.400. The number of likely N-dealkylation sites (tertiary alicyclic amines) is 1. The SMILES string of the molecule is CCc1cccc2c([C@@H](CC(=O)NCC[NH+]3CCCC3)c3cccc(F)c3)c[nH]c12. The van der Waals surface area contributed by atoms with Crippen molar-refractivity contribution in [1.82, 2.24) is 10.3 Å². The maximum absolute atomic E-state index is 14.0. The third kappa shape index (κ3) is 4.57. The molecule has 1 aliphatic heterocycles. The van der Waals surface area contributed by atoms with Crippen molar-refractivity contribution < 1.29 is 14.1 Å². The Morgan fingerprint density at radius 2 is 2.00 bits per heavy atom. The molecule has 1 atom stereocenters. The van der Waals surface area contributed by atoms with Gasteiger partial charge in [-0.3, -0.25) is 4.79 Å². The Kier molecular flexibility index (Phi) is 6.48. The summed E-state index contributed by atoms with van der Waals surface area (Å²) in [4.78, 5) is 17.8. The molecule has 3 aromatic rings. The van der Waals surface area contributed by atoms with Gasteiger partial charge in [-0.1, -0.05) is 37.3 Å². The maximum Gasteiger partial charge on any atom is 0.221 e. The van der Waals surface area contributed by atoms with Gasteiger partial charge in [0.15, 0.2) is 0 Å². The number of hydrogen-bond donors (Lipinski definition) is 3. The van der Waals surface area contributed by atoms with Crippen LogP contribution < -0.4 is 10.2 Å². The molecule has 1 aromatic heterocycles. The molecule has 2 heterocycles. The van der Waals surface area contributed by atoms with E-state index in [9.17, 15) is 9.18 Å². The lowest BCUT2D eigenvalue weighted by Gasteiger charge is -2.18. The molecule has 1 fully saturated rings. The van der Waals surface area contributed by atoms with Crippen LogP contribution in [0.15, 0.2) is 48.7 Å². The zero-order valence-corrected chi connectivity index (χ0v) is 17.6. The summed E-state index contributed by atoms with van der Waals surface area (Å²) in [6.07, 6.45) is 5.79. The highest BCUT2D eigenvalue weighted by atomic mass is 19.1. The van der Waals surface area contributed by atoms with Crippen LogP contribution in [0.4, 0.5) is 4.39 Å². The standard InChI is InChI=1S/C25H30FN3O/c1-2-18-7-6-10-21-23(17-28-25(18)21)22(19-8-5-9-20(26)15-19)16-24(30)27-11-14-29-12-3-4-13-29/h5-10,15,17,22,28H,2-4,11-14,16H2,1H3,(H,27,30)/p+1/t22-/m0/s1. The van der Waals surface area contributed by atoms with E-state index < -0.39 is 0 Å². The molecule has 1 amide bonds. The molecule has 0 bridgehead atoms. The lowest BCUT2D eigenvalue weighted by Crippen LogP contribution is -3.10. The molecule has 158 valence electrons. The summed E-state index contributed by atoms with van der Waals surface area (Å²) >= 11 is 0. The van der Waals surface area contributed by atoms with Crippen LogP contribution >= 0.6 is 0 Å². The topological polar surface area (TPSA) is 49.3 Å². The van der Waals surface area contributed by atoms with E-state index in [1.807, 2.05) is 12.3 Å². The number of H-pyrrole nitrogens is 1. The molecule has 30 heavy (non-hydrogen) atoms. The van der Waals surface area contributed by atoms with Crippen molar-refractivity contribution in [3.63, 3.8) is 0 Å². The number of carbonyl (C=O) groups excluding carboxylic acids is 1. The lowest BCUT2D eigenvalue weighted by molar-refractivity contribution is -0.886. The van der Waals surface area contributed by atoms with Gasteiger partial charge in [0.1, 0.15) is 5.82 Å². The minimum atomic E-state index is -0.273. The summed E-state index contributed by atoms with van der Waals surface area (Å²) < 4.78 is 14.0. The zero-order valence-electron chi connectivity index (χ0n) is 17.6. The second-order valence-electron chi connectivity index (χ2n) is 8.31. The highest BCUT2D eigenvalue weighted by molar-refractivity contribution is 5.88. The first kappa shape index (κ1) is 20.6. The summed E-state index contributed by atoms with van der Waals surface area (Å²) in [5.41, 5.74) is 4.23. The smallest absolute Gasteiger partial charge is 0.221 e. The van der Waals surface area contributed by atoms with E-state index in [4.69, 9.17) is 0 Å². The quantitative estimate of drug-likeness (QED) is 0.527. The number of para-hydroxylation sites is 1. The number of aryl methyl sites for hydroxylation is 1. The van der Waals surface area contributed by atoms with Crippen LogP contribution in [-0.4, -0.2) is 37.1 Å². The van der Waals surface area contributed by atoms with E-state index in [0.717, 1.165) is 35.0 Å². The summed E-state index contributed by atoms with van der Waals surface area (Å²) in [5.74, 6) is -0.450. The molecule has 3 N–H and O–H groups in total. The molecule has 5 heteroatoms. The summed E-state index contributed by atoms with van der Waals surface area (Å²) in [6, 6.07) is 12.9. The fourth-order valence-corrected chi connectivity index (χ4v) is 4.71. The van der Waals surface area contributed by atoms with E-state index in [1.54, 1.807) is 17.0 Å². The Labute approximate surface area is 177 Å². The predicted octanol–water partition coefficient (Wildman–Crippen LogP) is 3.19. The molecule has 4 rings (SSSR count). The average Bonchev–Trinajstić information content (AvgIpc) is 3.42. The fourth-order valence-electron chi connectivity index (χ4n) is 4.71. The second kappa shape index (κ2) is 9.43. The number of halogens is 1. The van der Waals surface area contributed by atoms with Gasteiger partial charge in [0, 0.05) is 42.3 Å². The number of aromatic amines is 1. The number of aromatic nitrogens is 1. The Hall–Kier alpha value is -2.66. The number of fused-ring (bicyclic) bond motifs is 1. The van der Waals surface area contributed by atoms with E-state index in [-0.39, 0.29) is 17.6 Å². The van der Waals surface area contributed by atoms with Crippen molar-refractivity contribution in [3.8, 4) is 0 Å². The van der Waals surface area contributed by atoms with Crippen LogP contribution in [0.5, 0.6) is 0 Å². The number of benzene rings is 2. The van der Waals surface area contributed by atoms with Gasteiger partial charge >= 0.3 is 0 Å². The van der Waals surface area contributed by atoms with Gasteiger partial charge in [-0.15, -0.1) is 0 Å². The third-order valence-corrected chi connectivity index (χ3v) is 6.34. The van der Waals surface area contributed by atoms with E-state index in [2.05, 4.69) is 35.4 Å². The van der Waals surface area contributed by atoms with Crippen molar-refractivity contribution in [1.29, 1.82) is 0 Å². The number of rotatable bonds is 8. The van der Waals surface area contributed by atoms with Crippen molar-refractivity contribution in [2.75, 3.05) is 26.2 Å². The second-order valence-corrected chi connectivity index (χ2v) is 8.31. The molecule has 0 unspecified atom stereocenters. The van der Waals surface area contributed by atoms with Crippen LogP contribution in [0, 0.1) is 5.82 Å². The molecule has 0 radical (unpaired) electrons. The van der Waals surface area contributed by atoms with Crippen LogP contribution in [0.1, 0.15) is 48.8 Å². The first-order valence-corrected chi connectivity index (χ1v) is 11.1. The normalized spacial score (nSPS) is 15.5. The minimum Gasteiger partial charge on any atom is -0.361 e. The molecule has 0 saturated carbocycles. The Balaban J connectivity index is 1.57. The molecule has 0 aliphatic carbocycles. The van der Waals surface area contributed by atoms with Crippen molar-refractivity contribution in [2.45, 2.75) is 38.5 Å². The van der Waals surface area contributed by atoms with Crippen molar-refractivity contribution in [3.05, 3.63) is 71.2 Å². The van der Waals surface area contributed by atoms with Crippen molar-refractivity contribution in [2.24, 2.45) is 0 Å². The van der Waals surface area contributed by atoms with Gasteiger partial charge in [-0.05, 0) is 35.2 Å². The Morgan fingerprint density at radius 1 is 1.20 bits per heavy atom. The molecular formula is C25H31FN3O+. The summed E-state index contributed by atoms with van der Waals surface area (Å²) in [5, 5.41) is 4.20. The number of amides is 1. The number of carbonyl (C=O) groups is 1. The van der Waals surface area contributed by atoms with Crippen LogP contribution in [0.2, 0.25) is 0 Å². The average molecular weight is 409 g/mol. The summed E-state index contributed by atoms with van der Waals surface area (Å²) in [6.45, 7) is 6.21. The number of hydrogen-bond acceptors (Lipinski definition) is 1. The minimum absolute atomic E-state index is 0.0175. The molecule has 4 nitrogen and oxygen atoms in total. The van der Waals surface area contributed by atoms with Gasteiger partial charge < -0.3 is 15.2 Å². The first-order chi connectivity index (χ1) is 14.7. The molecule has 2 aromatic carbocycles. The van der Waals surface area contributed by atoms with Gasteiger partial charge in [0.25, 0.3) is 0 Å². The molecule has 1 aliphatic rings. The van der Waals surface area contributed by atoms with Gasteiger partial charge in [-0.25, -0.2) is 4.39 Å². The van der Waals surface area contributed by atoms with E-state index >= 15 is 0 Å². The largest absolute Gasteiger partial charge is 0.361 e. The molecule has 1 saturated heterocycles. The van der Waals surface area contributed by atoms with E-state index in [0.29, 0.717) is 13.0 Å².